The summed E-state index contributed by atoms with van der Waals surface area (Å²) in [6.07, 6.45) is 0. The molecular weight excluding hydrogens is 450 g/mol. The molecular formula is C22H22ClN5O3S. The number of nitrogens with zero attached hydrogens (tertiary/aromatic N) is 2. The molecule has 0 saturated heterocycles. The Bertz CT molecular complexity index is 1440. The Balaban J connectivity index is 1.62. The number of anilines is 1. The van der Waals surface area contributed by atoms with Crippen LogP contribution in [0.3, 0.4) is 0 Å². The van der Waals surface area contributed by atoms with E-state index >= 15 is 0 Å². The molecule has 4 aromatic rings. The normalized spacial score (nSPS) is 12.5. The van der Waals surface area contributed by atoms with Crippen LogP contribution in [0.15, 0.2) is 51.1 Å². The Kier molecular flexibility index (Phi) is 6.12. The maximum atomic E-state index is 13.1. The molecule has 0 aliphatic rings. The summed E-state index contributed by atoms with van der Waals surface area (Å²) in [6.45, 7) is 6.28. The third kappa shape index (κ3) is 4.58. The maximum Gasteiger partial charge on any atom is 0.323 e. The van der Waals surface area contributed by atoms with Gasteiger partial charge in [0.05, 0.1) is 27.2 Å². The molecule has 0 radical (unpaired) electrons. The van der Waals surface area contributed by atoms with E-state index in [1.807, 2.05) is 13.8 Å². The van der Waals surface area contributed by atoms with Crippen LogP contribution in [-0.2, 0) is 11.3 Å². The van der Waals surface area contributed by atoms with Gasteiger partial charge in [0.25, 0.3) is 5.56 Å². The summed E-state index contributed by atoms with van der Waals surface area (Å²) in [5, 5.41) is 3.77. The quantitative estimate of drug-likeness (QED) is 0.290. The third-order valence-corrected chi connectivity index (χ3v) is 6.19. The van der Waals surface area contributed by atoms with Gasteiger partial charge in [0.15, 0.2) is 5.16 Å². The number of benzene rings is 2. The van der Waals surface area contributed by atoms with E-state index in [0.717, 1.165) is 0 Å². The van der Waals surface area contributed by atoms with Gasteiger partial charge in [0, 0.05) is 17.3 Å². The van der Waals surface area contributed by atoms with Gasteiger partial charge in [-0.25, -0.2) is 9.78 Å². The largest absolute Gasteiger partial charge is 0.325 e. The molecule has 8 nitrogen and oxygen atoms in total. The number of hydrogen-bond acceptors (Lipinski definition) is 5. The zero-order valence-electron chi connectivity index (χ0n) is 17.7. The minimum absolute atomic E-state index is 0.155. The topological polar surface area (TPSA) is 113 Å². The lowest BCUT2D eigenvalue weighted by atomic mass is 10.2. The predicted octanol–water partition coefficient (Wildman–Crippen LogP) is 3.99. The van der Waals surface area contributed by atoms with Gasteiger partial charge >= 0.3 is 5.69 Å². The Hall–Kier alpha value is -3.04. The van der Waals surface area contributed by atoms with Gasteiger partial charge in [-0.05, 0) is 49.2 Å². The smallest absolute Gasteiger partial charge is 0.323 e. The number of amides is 1. The second kappa shape index (κ2) is 8.84. The van der Waals surface area contributed by atoms with E-state index in [9.17, 15) is 14.4 Å². The van der Waals surface area contributed by atoms with Crippen LogP contribution in [-0.4, -0.2) is 30.7 Å². The van der Waals surface area contributed by atoms with E-state index in [2.05, 4.69) is 20.3 Å². The monoisotopic (exact) mass is 471 g/mol. The highest BCUT2D eigenvalue weighted by Crippen LogP contribution is 2.26. The number of halogens is 1. The molecule has 0 bridgehead atoms. The van der Waals surface area contributed by atoms with E-state index in [4.69, 9.17) is 11.6 Å². The van der Waals surface area contributed by atoms with Gasteiger partial charge in [0.1, 0.15) is 0 Å². The van der Waals surface area contributed by atoms with Crippen LogP contribution in [0.2, 0.25) is 5.02 Å². The van der Waals surface area contributed by atoms with Crippen molar-refractivity contribution >= 4 is 56.9 Å². The fourth-order valence-corrected chi connectivity index (χ4v) is 4.44. The summed E-state index contributed by atoms with van der Waals surface area (Å²) in [4.78, 5) is 47.4. The van der Waals surface area contributed by atoms with Crippen LogP contribution in [0.1, 0.15) is 20.8 Å². The molecule has 3 N–H and O–H groups in total. The highest BCUT2D eigenvalue weighted by molar-refractivity contribution is 8.00. The SMILES string of the molecule is CC(C)Cn1c(S[C@@H](C)C(=O)Nc2ccc3[nH]c(=O)[nH]c3c2)nc2cc(Cl)ccc2c1=O. The lowest BCUT2D eigenvalue weighted by Crippen LogP contribution is -2.28. The molecule has 0 unspecified atom stereocenters. The minimum Gasteiger partial charge on any atom is -0.325 e. The number of nitrogens with one attached hydrogen (secondary N) is 3. The van der Waals surface area contributed by atoms with E-state index in [-0.39, 0.29) is 23.1 Å². The highest BCUT2D eigenvalue weighted by atomic mass is 35.5. The van der Waals surface area contributed by atoms with Crippen LogP contribution in [0.5, 0.6) is 0 Å². The number of aromatic amines is 2. The number of carbonyl (C=O) groups excluding carboxylic acids is 1. The number of hydrogen-bond donors (Lipinski definition) is 3. The molecule has 2 aromatic heterocycles. The van der Waals surface area contributed by atoms with Crippen LogP contribution >= 0.6 is 23.4 Å². The van der Waals surface area contributed by atoms with Crippen LogP contribution in [0.25, 0.3) is 21.9 Å². The van der Waals surface area contributed by atoms with E-state index < -0.39 is 5.25 Å². The van der Waals surface area contributed by atoms with E-state index in [0.29, 0.717) is 44.3 Å². The van der Waals surface area contributed by atoms with Crippen molar-refractivity contribution in [3.8, 4) is 0 Å². The van der Waals surface area contributed by atoms with Crippen molar-refractivity contribution in [3.63, 3.8) is 0 Å². The number of aromatic nitrogens is 4. The molecule has 32 heavy (non-hydrogen) atoms. The average molecular weight is 472 g/mol. The van der Waals surface area contributed by atoms with Gasteiger partial charge < -0.3 is 15.3 Å². The Labute approximate surface area is 192 Å². The summed E-state index contributed by atoms with van der Waals surface area (Å²) in [5.74, 6) is -0.0262. The maximum absolute atomic E-state index is 13.1. The lowest BCUT2D eigenvalue weighted by molar-refractivity contribution is -0.115. The summed E-state index contributed by atoms with van der Waals surface area (Å²) >= 11 is 7.31. The lowest BCUT2D eigenvalue weighted by Gasteiger charge is -2.17. The van der Waals surface area contributed by atoms with Crippen LogP contribution in [0, 0.1) is 5.92 Å². The van der Waals surface area contributed by atoms with Crippen molar-refractivity contribution in [2.45, 2.75) is 37.7 Å². The molecule has 0 aliphatic heterocycles. The zero-order chi connectivity index (χ0) is 23.0. The fraction of sp³-hybridized carbons (Fsp3) is 0.273. The average Bonchev–Trinajstić information content (AvgIpc) is 3.09. The Morgan fingerprint density at radius 1 is 1.12 bits per heavy atom. The van der Waals surface area contributed by atoms with Gasteiger partial charge in [-0.3, -0.25) is 14.2 Å². The standard InChI is InChI=1S/C22H22ClN5O3S/c1-11(2)10-28-20(30)15-6-4-13(23)8-17(15)27-22(28)32-12(3)19(29)24-14-5-7-16-18(9-14)26-21(31)25-16/h4-9,11-12H,10H2,1-3H3,(H,24,29)(H2,25,26,31)/t12-/m0/s1. The van der Waals surface area contributed by atoms with Crippen molar-refractivity contribution in [1.29, 1.82) is 0 Å². The second-order valence-electron chi connectivity index (χ2n) is 7.95. The first-order valence-electron chi connectivity index (χ1n) is 10.1. The first-order chi connectivity index (χ1) is 15.2. The summed E-state index contributed by atoms with van der Waals surface area (Å²) in [6, 6.07) is 10.1. The number of fused-ring (bicyclic) bond motifs is 2. The van der Waals surface area contributed by atoms with Gasteiger partial charge in [0.2, 0.25) is 5.91 Å². The molecule has 1 atom stereocenters. The molecule has 1 amide bonds. The van der Waals surface area contributed by atoms with Crippen molar-refractivity contribution in [2.75, 3.05) is 5.32 Å². The number of H-pyrrole nitrogens is 2. The van der Waals surface area contributed by atoms with Crippen LogP contribution < -0.4 is 16.6 Å². The second-order valence-corrected chi connectivity index (χ2v) is 9.70. The first kappa shape index (κ1) is 22.2. The molecule has 2 aromatic carbocycles. The van der Waals surface area contributed by atoms with E-state index in [1.54, 1.807) is 47.9 Å². The third-order valence-electron chi connectivity index (χ3n) is 4.86. The predicted molar refractivity (Wildman–Crippen MR) is 129 cm³/mol. The van der Waals surface area contributed by atoms with Gasteiger partial charge in [-0.15, -0.1) is 0 Å². The zero-order valence-corrected chi connectivity index (χ0v) is 19.3. The fourth-order valence-electron chi connectivity index (χ4n) is 3.36. The molecule has 0 spiro atoms. The summed E-state index contributed by atoms with van der Waals surface area (Å²) in [7, 11) is 0. The summed E-state index contributed by atoms with van der Waals surface area (Å²) in [5.41, 5.74) is 1.86. The molecule has 4 rings (SSSR count). The van der Waals surface area contributed by atoms with Crippen molar-refractivity contribution in [3.05, 3.63) is 62.3 Å². The molecule has 2 heterocycles. The summed E-state index contributed by atoms with van der Waals surface area (Å²) < 4.78 is 1.62. The van der Waals surface area contributed by atoms with E-state index in [1.165, 1.54) is 11.8 Å². The Morgan fingerprint density at radius 2 is 1.88 bits per heavy atom. The Morgan fingerprint density at radius 3 is 2.62 bits per heavy atom. The molecule has 0 aliphatic carbocycles. The minimum atomic E-state index is -0.530. The first-order valence-corrected chi connectivity index (χ1v) is 11.4. The van der Waals surface area contributed by atoms with Crippen molar-refractivity contribution in [2.24, 2.45) is 5.92 Å². The van der Waals surface area contributed by atoms with Gasteiger partial charge in [-0.1, -0.05) is 37.2 Å². The highest BCUT2D eigenvalue weighted by Gasteiger charge is 2.20. The van der Waals surface area contributed by atoms with Crippen molar-refractivity contribution in [1.82, 2.24) is 19.5 Å². The van der Waals surface area contributed by atoms with Crippen molar-refractivity contribution < 1.29 is 4.79 Å². The molecule has 166 valence electrons. The van der Waals surface area contributed by atoms with Gasteiger partial charge in [-0.2, -0.15) is 0 Å². The number of rotatable bonds is 6. The number of thioether (sulfide) groups is 1. The number of carbonyl (C=O) groups is 1. The van der Waals surface area contributed by atoms with Crippen LogP contribution in [0.4, 0.5) is 5.69 Å². The molecule has 0 fully saturated rings. The molecule has 10 heteroatoms. The number of imidazole rings is 1. The molecule has 0 saturated carbocycles.